The number of nitrogens with zero attached hydrogens (tertiary/aromatic N) is 1. The molecule has 0 atom stereocenters. The Balaban J connectivity index is 2.25. The van der Waals surface area contributed by atoms with Crippen molar-refractivity contribution in [3.05, 3.63) is 53.2 Å². The van der Waals surface area contributed by atoms with Gasteiger partial charge in [-0.2, -0.15) is 0 Å². The molecule has 1 heterocycles. The summed E-state index contributed by atoms with van der Waals surface area (Å²) in [5.74, 6) is 0.488. The summed E-state index contributed by atoms with van der Waals surface area (Å²) in [6, 6.07) is 9.52. The highest BCUT2D eigenvalue weighted by Gasteiger charge is 2.14. The van der Waals surface area contributed by atoms with Gasteiger partial charge < -0.3 is 10.6 Å². The third kappa shape index (κ3) is 3.60. The first-order valence-corrected chi connectivity index (χ1v) is 7.20. The number of aryl methyl sites for hydroxylation is 2. The van der Waals surface area contributed by atoms with Gasteiger partial charge in [0.25, 0.3) is 5.91 Å². The van der Waals surface area contributed by atoms with Crippen molar-refractivity contribution in [2.45, 2.75) is 27.2 Å². The summed E-state index contributed by atoms with van der Waals surface area (Å²) < 4.78 is 0. The normalized spacial score (nSPS) is 10.2. The number of para-hydroxylation sites is 1. The molecule has 4 nitrogen and oxygen atoms in total. The van der Waals surface area contributed by atoms with Crippen LogP contribution in [0.2, 0.25) is 0 Å². The highest BCUT2D eigenvalue weighted by molar-refractivity contribution is 6.08. The molecule has 0 spiro atoms. The quantitative estimate of drug-likeness (QED) is 0.878. The van der Waals surface area contributed by atoms with Crippen LogP contribution in [0.1, 0.15) is 34.8 Å². The molecule has 110 valence electrons. The van der Waals surface area contributed by atoms with E-state index in [0.717, 1.165) is 29.8 Å². The smallest absolute Gasteiger partial charge is 0.259 e. The van der Waals surface area contributed by atoms with Gasteiger partial charge in [0, 0.05) is 18.4 Å². The summed E-state index contributed by atoms with van der Waals surface area (Å²) in [6.07, 6.45) is 2.67. The molecule has 0 saturated heterocycles. The second-order valence-corrected chi connectivity index (χ2v) is 5.05. The number of pyridine rings is 1. The zero-order valence-corrected chi connectivity index (χ0v) is 12.7. The molecule has 4 heteroatoms. The van der Waals surface area contributed by atoms with Crippen LogP contribution < -0.4 is 10.6 Å². The molecule has 0 aliphatic rings. The summed E-state index contributed by atoms with van der Waals surface area (Å²) >= 11 is 0. The maximum Gasteiger partial charge on any atom is 0.259 e. The van der Waals surface area contributed by atoms with E-state index < -0.39 is 0 Å². The lowest BCUT2D eigenvalue weighted by atomic mass is 10.1. The van der Waals surface area contributed by atoms with E-state index in [1.165, 1.54) is 0 Å². The molecule has 1 amide bonds. The molecular weight excluding hydrogens is 262 g/mol. The Morgan fingerprint density at radius 2 is 1.86 bits per heavy atom. The largest absolute Gasteiger partial charge is 0.369 e. The second-order valence-electron chi connectivity index (χ2n) is 5.05. The van der Waals surface area contributed by atoms with Gasteiger partial charge in [-0.05, 0) is 43.5 Å². The molecular formula is C17H21N3O. The van der Waals surface area contributed by atoms with E-state index in [-0.39, 0.29) is 5.91 Å². The fraction of sp³-hybridized carbons (Fsp3) is 0.294. The van der Waals surface area contributed by atoms with Gasteiger partial charge in [0.15, 0.2) is 0 Å². The van der Waals surface area contributed by atoms with Crippen molar-refractivity contribution in [1.29, 1.82) is 0 Å². The minimum Gasteiger partial charge on any atom is -0.369 e. The number of amides is 1. The Hall–Kier alpha value is -2.36. The number of benzene rings is 1. The van der Waals surface area contributed by atoms with E-state index in [0.29, 0.717) is 11.4 Å². The number of hydrogen-bond acceptors (Lipinski definition) is 3. The molecule has 0 aliphatic carbocycles. The monoisotopic (exact) mass is 283 g/mol. The summed E-state index contributed by atoms with van der Waals surface area (Å²) in [5.41, 5.74) is 3.53. The number of carbonyl (C=O) groups excluding carboxylic acids is 1. The summed E-state index contributed by atoms with van der Waals surface area (Å²) in [7, 11) is 0. The molecule has 2 aromatic rings. The third-order valence-electron chi connectivity index (χ3n) is 3.31. The van der Waals surface area contributed by atoms with Gasteiger partial charge in [-0.3, -0.25) is 4.79 Å². The molecule has 0 unspecified atom stereocenters. The number of rotatable bonds is 5. The molecule has 2 N–H and O–H groups in total. The Morgan fingerprint density at radius 3 is 2.52 bits per heavy atom. The van der Waals surface area contributed by atoms with Gasteiger partial charge >= 0.3 is 0 Å². The van der Waals surface area contributed by atoms with Crippen LogP contribution in [0, 0.1) is 13.8 Å². The lowest BCUT2D eigenvalue weighted by Gasteiger charge is -2.13. The van der Waals surface area contributed by atoms with E-state index in [9.17, 15) is 4.79 Å². The number of hydrogen-bond donors (Lipinski definition) is 2. The average molecular weight is 283 g/mol. The van der Waals surface area contributed by atoms with Crippen molar-refractivity contribution in [3.63, 3.8) is 0 Å². The molecule has 0 saturated carbocycles. The highest BCUT2D eigenvalue weighted by Crippen LogP contribution is 2.21. The topological polar surface area (TPSA) is 54.0 Å². The number of nitrogens with one attached hydrogen (secondary N) is 2. The molecule has 0 fully saturated rings. The predicted octanol–water partition coefficient (Wildman–Crippen LogP) is 3.77. The minimum atomic E-state index is -0.140. The average Bonchev–Trinajstić information content (AvgIpc) is 2.49. The summed E-state index contributed by atoms with van der Waals surface area (Å²) in [4.78, 5) is 16.8. The van der Waals surface area contributed by atoms with Crippen molar-refractivity contribution in [2.75, 3.05) is 17.2 Å². The molecule has 21 heavy (non-hydrogen) atoms. The van der Waals surface area contributed by atoms with Crippen molar-refractivity contribution in [1.82, 2.24) is 4.98 Å². The molecule has 2 rings (SSSR count). The van der Waals surface area contributed by atoms with E-state index >= 15 is 0 Å². The van der Waals surface area contributed by atoms with Crippen molar-refractivity contribution in [2.24, 2.45) is 0 Å². The Morgan fingerprint density at radius 1 is 1.14 bits per heavy atom. The number of carbonyl (C=O) groups is 1. The standard InChI is InChI=1S/C17H21N3O/c1-4-10-18-16-14(9-6-11-19-16)17(21)20-15-12(2)7-5-8-13(15)3/h5-9,11H,4,10H2,1-3H3,(H,18,19)(H,20,21). The molecule has 1 aromatic carbocycles. The van der Waals surface area contributed by atoms with E-state index in [4.69, 9.17) is 0 Å². The van der Waals surface area contributed by atoms with Gasteiger partial charge in [0.1, 0.15) is 5.82 Å². The fourth-order valence-corrected chi connectivity index (χ4v) is 2.17. The van der Waals surface area contributed by atoms with E-state index in [2.05, 4.69) is 22.5 Å². The summed E-state index contributed by atoms with van der Waals surface area (Å²) in [6.45, 7) is 6.84. The number of aromatic nitrogens is 1. The van der Waals surface area contributed by atoms with Crippen LogP contribution in [0.25, 0.3) is 0 Å². The first kappa shape index (κ1) is 15.0. The van der Waals surface area contributed by atoms with Crippen LogP contribution in [0.4, 0.5) is 11.5 Å². The highest BCUT2D eigenvalue weighted by atomic mass is 16.1. The fourth-order valence-electron chi connectivity index (χ4n) is 2.17. The van der Waals surface area contributed by atoms with E-state index in [1.807, 2.05) is 32.0 Å². The Labute approximate surface area is 125 Å². The zero-order chi connectivity index (χ0) is 15.2. The second kappa shape index (κ2) is 6.88. The maximum absolute atomic E-state index is 12.5. The van der Waals surface area contributed by atoms with Crippen LogP contribution in [0.3, 0.4) is 0 Å². The molecule has 0 bridgehead atoms. The number of anilines is 2. The molecule has 0 radical (unpaired) electrons. The molecule has 1 aromatic heterocycles. The van der Waals surface area contributed by atoms with Gasteiger partial charge in [-0.15, -0.1) is 0 Å². The van der Waals surface area contributed by atoms with Crippen LogP contribution in [-0.2, 0) is 0 Å². The Kier molecular flexibility index (Phi) is 4.93. The van der Waals surface area contributed by atoms with Crippen LogP contribution >= 0.6 is 0 Å². The predicted molar refractivity (Wildman–Crippen MR) is 86.9 cm³/mol. The zero-order valence-electron chi connectivity index (χ0n) is 12.7. The first-order chi connectivity index (χ1) is 10.1. The van der Waals surface area contributed by atoms with Gasteiger partial charge in [-0.1, -0.05) is 25.1 Å². The lowest BCUT2D eigenvalue weighted by molar-refractivity contribution is 0.102. The lowest BCUT2D eigenvalue weighted by Crippen LogP contribution is -2.17. The molecule has 0 aliphatic heterocycles. The minimum absolute atomic E-state index is 0.140. The first-order valence-electron chi connectivity index (χ1n) is 7.20. The summed E-state index contributed by atoms with van der Waals surface area (Å²) in [5, 5.41) is 6.18. The van der Waals surface area contributed by atoms with Crippen molar-refractivity contribution in [3.8, 4) is 0 Å². The van der Waals surface area contributed by atoms with Crippen LogP contribution in [0.5, 0.6) is 0 Å². The van der Waals surface area contributed by atoms with Gasteiger partial charge in [0.05, 0.1) is 5.56 Å². The van der Waals surface area contributed by atoms with Gasteiger partial charge in [0.2, 0.25) is 0 Å². The third-order valence-corrected chi connectivity index (χ3v) is 3.31. The van der Waals surface area contributed by atoms with E-state index in [1.54, 1.807) is 18.3 Å². The van der Waals surface area contributed by atoms with Crippen molar-refractivity contribution < 1.29 is 4.79 Å². The van der Waals surface area contributed by atoms with Crippen LogP contribution in [0.15, 0.2) is 36.5 Å². The SMILES string of the molecule is CCCNc1ncccc1C(=O)Nc1c(C)cccc1C. The van der Waals surface area contributed by atoms with Crippen molar-refractivity contribution >= 4 is 17.4 Å². The maximum atomic E-state index is 12.5. The Bertz CT molecular complexity index is 617. The van der Waals surface area contributed by atoms with Crippen LogP contribution in [-0.4, -0.2) is 17.4 Å². The van der Waals surface area contributed by atoms with Gasteiger partial charge in [-0.25, -0.2) is 4.98 Å².